The van der Waals surface area contributed by atoms with E-state index in [1.54, 1.807) is 35.3 Å². The summed E-state index contributed by atoms with van der Waals surface area (Å²) in [6.07, 6.45) is 3.36. The zero-order valence-electron chi connectivity index (χ0n) is 21.5. The SMILES string of the molecule is Cc1cc(Oc2ccc(NC(=O)Nc3cc(C(C)(C)C)nn3-c3ccc4ncccc4c3)c(F)c2)ccn1. The molecule has 0 fully saturated rings. The monoisotopic (exact) mass is 510 g/mol. The summed E-state index contributed by atoms with van der Waals surface area (Å²) in [5.41, 5.74) is 2.94. The average Bonchev–Trinajstić information content (AvgIpc) is 3.30. The molecule has 0 aliphatic heterocycles. The van der Waals surface area contributed by atoms with Crippen molar-refractivity contribution in [1.82, 2.24) is 19.7 Å². The number of nitrogens with one attached hydrogen (secondary N) is 2. The predicted molar refractivity (Wildman–Crippen MR) is 146 cm³/mol. The minimum absolute atomic E-state index is 0.0136. The molecule has 38 heavy (non-hydrogen) atoms. The number of carbonyl (C=O) groups excluding carboxylic acids is 1. The van der Waals surface area contributed by atoms with Crippen LogP contribution in [0.25, 0.3) is 16.6 Å². The first-order chi connectivity index (χ1) is 18.2. The van der Waals surface area contributed by atoms with Crippen LogP contribution in [0.2, 0.25) is 0 Å². The molecule has 0 unspecified atom stereocenters. The molecular weight excluding hydrogens is 483 g/mol. The molecule has 0 radical (unpaired) electrons. The van der Waals surface area contributed by atoms with E-state index in [1.165, 1.54) is 12.1 Å². The molecule has 5 rings (SSSR count). The number of pyridine rings is 2. The van der Waals surface area contributed by atoms with Crippen LogP contribution in [0, 0.1) is 12.7 Å². The van der Waals surface area contributed by atoms with Crippen LogP contribution >= 0.6 is 0 Å². The lowest BCUT2D eigenvalue weighted by Crippen LogP contribution is -2.22. The summed E-state index contributed by atoms with van der Waals surface area (Å²) in [7, 11) is 0. The summed E-state index contributed by atoms with van der Waals surface area (Å²) in [5, 5.41) is 11.1. The summed E-state index contributed by atoms with van der Waals surface area (Å²) in [5.74, 6) is 0.666. The third-order valence-electron chi connectivity index (χ3n) is 5.84. The Hall–Kier alpha value is -4.79. The van der Waals surface area contributed by atoms with Gasteiger partial charge in [0.05, 0.1) is 22.6 Å². The lowest BCUT2D eigenvalue weighted by Gasteiger charge is -2.14. The van der Waals surface area contributed by atoms with Crippen molar-refractivity contribution in [2.75, 3.05) is 10.6 Å². The summed E-state index contributed by atoms with van der Waals surface area (Å²) in [4.78, 5) is 21.4. The number of aryl methyl sites for hydroxylation is 1. The van der Waals surface area contributed by atoms with Crippen molar-refractivity contribution >= 4 is 28.4 Å². The van der Waals surface area contributed by atoms with E-state index in [9.17, 15) is 9.18 Å². The lowest BCUT2D eigenvalue weighted by molar-refractivity contribution is 0.262. The van der Waals surface area contributed by atoms with Gasteiger partial charge in [-0.3, -0.25) is 15.3 Å². The molecule has 0 saturated carbocycles. The Morgan fingerprint density at radius 1 is 0.921 bits per heavy atom. The van der Waals surface area contributed by atoms with Gasteiger partial charge < -0.3 is 10.1 Å². The Morgan fingerprint density at radius 2 is 1.74 bits per heavy atom. The largest absolute Gasteiger partial charge is 0.457 e. The summed E-state index contributed by atoms with van der Waals surface area (Å²) < 4.78 is 22.2. The van der Waals surface area contributed by atoms with Crippen LogP contribution in [0.3, 0.4) is 0 Å². The van der Waals surface area contributed by atoms with Crippen LogP contribution < -0.4 is 15.4 Å². The van der Waals surface area contributed by atoms with Gasteiger partial charge in [-0.2, -0.15) is 5.10 Å². The molecule has 9 heteroatoms. The molecule has 2 amide bonds. The molecule has 3 aromatic heterocycles. The van der Waals surface area contributed by atoms with Gasteiger partial charge in [-0.1, -0.05) is 26.8 Å². The van der Waals surface area contributed by atoms with Crippen molar-refractivity contribution in [2.45, 2.75) is 33.1 Å². The molecular formula is C29H27FN6O2. The van der Waals surface area contributed by atoms with Crippen LogP contribution in [-0.2, 0) is 5.41 Å². The standard InChI is InChI=1S/C29H27FN6O2/c1-18-14-22(11-13-31-18)38-21-8-10-25(23(30)16-21)33-28(37)34-27-17-26(29(2,3)4)35-36(27)20-7-9-24-19(15-20)6-5-12-32-24/h5-17H,1-4H3,(H2,33,34,37). The number of nitrogens with zero attached hydrogens (tertiary/aromatic N) is 4. The highest BCUT2D eigenvalue weighted by molar-refractivity contribution is 5.99. The van der Waals surface area contributed by atoms with Crippen LogP contribution in [0.5, 0.6) is 11.5 Å². The van der Waals surface area contributed by atoms with E-state index < -0.39 is 11.8 Å². The number of hydrogen-bond acceptors (Lipinski definition) is 5. The van der Waals surface area contributed by atoms with Gasteiger partial charge >= 0.3 is 6.03 Å². The first-order valence-corrected chi connectivity index (χ1v) is 12.1. The third-order valence-corrected chi connectivity index (χ3v) is 5.84. The predicted octanol–water partition coefficient (Wildman–Crippen LogP) is 7.00. The fourth-order valence-corrected chi connectivity index (χ4v) is 3.88. The summed E-state index contributed by atoms with van der Waals surface area (Å²) >= 11 is 0. The first kappa shape index (κ1) is 24.9. The molecule has 2 N–H and O–H groups in total. The fourth-order valence-electron chi connectivity index (χ4n) is 3.88. The Morgan fingerprint density at radius 3 is 2.50 bits per heavy atom. The fraction of sp³-hybridized carbons (Fsp3) is 0.172. The smallest absolute Gasteiger partial charge is 0.324 e. The van der Waals surface area contributed by atoms with Gasteiger partial charge in [0.1, 0.15) is 23.1 Å². The number of amides is 2. The maximum absolute atomic E-state index is 14.8. The second-order valence-electron chi connectivity index (χ2n) is 9.91. The molecule has 2 aromatic carbocycles. The highest BCUT2D eigenvalue weighted by Gasteiger charge is 2.22. The Labute approximate surface area is 219 Å². The molecule has 0 aliphatic carbocycles. The molecule has 0 bridgehead atoms. The number of benzene rings is 2. The maximum Gasteiger partial charge on any atom is 0.324 e. The first-order valence-electron chi connectivity index (χ1n) is 12.1. The molecule has 3 heterocycles. The van der Waals surface area contributed by atoms with Gasteiger partial charge in [0, 0.05) is 47.1 Å². The average molecular weight is 511 g/mol. The highest BCUT2D eigenvalue weighted by Crippen LogP contribution is 2.29. The Kier molecular flexibility index (Phi) is 6.50. The third kappa shape index (κ3) is 5.46. The van der Waals surface area contributed by atoms with Gasteiger partial charge in [-0.25, -0.2) is 13.9 Å². The van der Waals surface area contributed by atoms with E-state index in [-0.39, 0.29) is 11.1 Å². The second-order valence-corrected chi connectivity index (χ2v) is 9.91. The highest BCUT2D eigenvalue weighted by atomic mass is 19.1. The number of ether oxygens (including phenoxy) is 1. The quantitative estimate of drug-likeness (QED) is 0.266. The van der Waals surface area contributed by atoms with Crippen LogP contribution in [-0.4, -0.2) is 25.8 Å². The topological polar surface area (TPSA) is 94.0 Å². The van der Waals surface area contributed by atoms with E-state index >= 15 is 0 Å². The molecule has 5 aromatic rings. The van der Waals surface area contributed by atoms with Crippen molar-refractivity contribution < 1.29 is 13.9 Å². The van der Waals surface area contributed by atoms with Gasteiger partial charge in [0.2, 0.25) is 0 Å². The number of aromatic nitrogens is 4. The molecule has 0 spiro atoms. The maximum atomic E-state index is 14.8. The van der Waals surface area contributed by atoms with Crippen molar-refractivity contribution in [3.05, 3.63) is 96.3 Å². The Balaban J connectivity index is 1.37. The van der Waals surface area contributed by atoms with Crippen LogP contribution in [0.15, 0.2) is 79.1 Å². The normalized spacial score (nSPS) is 11.4. The van der Waals surface area contributed by atoms with Crippen molar-refractivity contribution in [3.63, 3.8) is 0 Å². The van der Waals surface area contributed by atoms with E-state index in [1.807, 2.05) is 64.1 Å². The molecule has 0 saturated heterocycles. The van der Waals surface area contributed by atoms with Gasteiger partial charge in [-0.05, 0) is 49.4 Å². The van der Waals surface area contributed by atoms with Crippen molar-refractivity contribution in [3.8, 4) is 17.2 Å². The lowest BCUT2D eigenvalue weighted by atomic mass is 9.92. The molecule has 0 aliphatic rings. The number of halogens is 1. The number of fused-ring (bicyclic) bond motifs is 1. The zero-order chi connectivity index (χ0) is 26.9. The molecule has 192 valence electrons. The number of anilines is 2. The van der Waals surface area contributed by atoms with Crippen molar-refractivity contribution in [2.24, 2.45) is 0 Å². The summed E-state index contributed by atoms with van der Waals surface area (Å²) in [6, 6.07) is 18.5. The van der Waals surface area contributed by atoms with Crippen LogP contribution in [0.1, 0.15) is 32.2 Å². The van der Waals surface area contributed by atoms with Gasteiger partial charge in [-0.15, -0.1) is 0 Å². The van der Waals surface area contributed by atoms with E-state index in [4.69, 9.17) is 9.84 Å². The van der Waals surface area contributed by atoms with Gasteiger partial charge in [0.25, 0.3) is 0 Å². The van der Waals surface area contributed by atoms with Crippen LogP contribution in [0.4, 0.5) is 20.7 Å². The number of carbonyl (C=O) groups is 1. The minimum Gasteiger partial charge on any atom is -0.457 e. The van der Waals surface area contributed by atoms with E-state index in [2.05, 4.69) is 20.6 Å². The van der Waals surface area contributed by atoms with E-state index in [0.29, 0.717) is 17.3 Å². The minimum atomic E-state index is -0.630. The van der Waals surface area contributed by atoms with Crippen molar-refractivity contribution in [1.29, 1.82) is 0 Å². The van der Waals surface area contributed by atoms with E-state index in [0.717, 1.165) is 28.0 Å². The Bertz CT molecular complexity index is 1640. The molecule has 0 atom stereocenters. The second kappa shape index (κ2) is 9.93. The van der Waals surface area contributed by atoms with Gasteiger partial charge in [0.15, 0.2) is 0 Å². The number of urea groups is 1. The summed E-state index contributed by atoms with van der Waals surface area (Å²) in [6.45, 7) is 7.97. The number of rotatable bonds is 5. The zero-order valence-corrected chi connectivity index (χ0v) is 21.5. The molecule has 8 nitrogen and oxygen atoms in total. The number of hydrogen-bond donors (Lipinski definition) is 2.